The standard InChI is InChI=1S/C18H28N2O4/c1-4-24-13-16-11-15(5-6-17(16)23-3)18(22)20-9-7-19(8-10-20)12-14(2)21/h5-6,11,14,21H,4,7-10,12-13H2,1-3H3/t14-/m0/s1. The second-order valence-electron chi connectivity index (χ2n) is 6.11. The molecule has 2 rings (SSSR count). The highest BCUT2D eigenvalue weighted by Gasteiger charge is 2.23. The van der Waals surface area contributed by atoms with Crippen molar-refractivity contribution < 1.29 is 19.4 Å². The molecule has 1 aromatic carbocycles. The van der Waals surface area contributed by atoms with E-state index < -0.39 is 0 Å². The number of rotatable bonds is 7. The fraction of sp³-hybridized carbons (Fsp3) is 0.611. The predicted octanol–water partition coefficient (Wildman–Crippen LogP) is 1.37. The molecule has 0 bridgehead atoms. The van der Waals surface area contributed by atoms with E-state index in [2.05, 4.69) is 4.90 Å². The number of ether oxygens (including phenoxy) is 2. The normalized spacial score (nSPS) is 16.9. The average molecular weight is 336 g/mol. The Bertz CT molecular complexity index is 540. The van der Waals surface area contributed by atoms with Gasteiger partial charge in [0, 0.05) is 50.5 Å². The Morgan fingerprint density at radius 3 is 2.58 bits per heavy atom. The molecular formula is C18H28N2O4. The van der Waals surface area contributed by atoms with Gasteiger partial charge in [0.15, 0.2) is 0 Å². The van der Waals surface area contributed by atoms with Crippen molar-refractivity contribution in [3.8, 4) is 5.75 Å². The molecule has 1 aliphatic heterocycles. The van der Waals surface area contributed by atoms with Crippen LogP contribution >= 0.6 is 0 Å². The number of β-amino-alcohol motifs (C(OH)–C–C–N with tert-alkyl or cyclic N) is 1. The Kier molecular flexibility index (Phi) is 7.02. The molecule has 1 N–H and O–H groups in total. The number of benzene rings is 1. The van der Waals surface area contributed by atoms with E-state index in [1.54, 1.807) is 20.1 Å². The van der Waals surface area contributed by atoms with Crippen molar-refractivity contribution in [2.75, 3.05) is 46.4 Å². The van der Waals surface area contributed by atoms with Gasteiger partial charge in [-0.05, 0) is 32.0 Å². The van der Waals surface area contributed by atoms with Gasteiger partial charge in [0.2, 0.25) is 0 Å². The number of nitrogens with zero attached hydrogens (tertiary/aromatic N) is 2. The van der Waals surface area contributed by atoms with Gasteiger partial charge in [0.05, 0.1) is 19.8 Å². The zero-order valence-corrected chi connectivity index (χ0v) is 14.8. The molecule has 134 valence electrons. The van der Waals surface area contributed by atoms with Crippen LogP contribution in [-0.2, 0) is 11.3 Å². The molecule has 1 heterocycles. The van der Waals surface area contributed by atoms with Crippen molar-refractivity contribution in [1.82, 2.24) is 9.80 Å². The summed E-state index contributed by atoms with van der Waals surface area (Å²) in [6.07, 6.45) is -0.338. The minimum Gasteiger partial charge on any atom is -0.496 e. The number of carbonyl (C=O) groups excluding carboxylic acids is 1. The van der Waals surface area contributed by atoms with Gasteiger partial charge in [0.25, 0.3) is 5.91 Å². The third kappa shape index (κ3) is 4.93. The molecule has 1 amide bonds. The minimum absolute atomic E-state index is 0.0344. The molecular weight excluding hydrogens is 308 g/mol. The summed E-state index contributed by atoms with van der Waals surface area (Å²) >= 11 is 0. The van der Waals surface area contributed by atoms with E-state index in [4.69, 9.17) is 9.47 Å². The molecule has 0 radical (unpaired) electrons. The number of hydrogen-bond acceptors (Lipinski definition) is 5. The molecule has 1 aliphatic rings. The van der Waals surface area contributed by atoms with Crippen LogP contribution in [0, 0.1) is 0 Å². The molecule has 0 aromatic heterocycles. The van der Waals surface area contributed by atoms with E-state index in [9.17, 15) is 9.90 Å². The minimum atomic E-state index is -0.338. The SMILES string of the molecule is CCOCc1cc(C(=O)N2CCN(C[C@H](C)O)CC2)ccc1OC. The lowest BCUT2D eigenvalue weighted by molar-refractivity contribution is 0.0554. The Hall–Kier alpha value is -1.63. The Labute approximate surface area is 144 Å². The lowest BCUT2D eigenvalue weighted by atomic mass is 10.1. The van der Waals surface area contributed by atoms with Crippen molar-refractivity contribution in [1.29, 1.82) is 0 Å². The zero-order valence-electron chi connectivity index (χ0n) is 14.8. The first-order valence-corrected chi connectivity index (χ1v) is 8.49. The summed E-state index contributed by atoms with van der Waals surface area (Å²) < 4.78 is 10.8. The van der Waals surface area contributed by atoms with Gasteiger partial charge in [-0.25, -0.2) is 0 Å². The first-order valence-electron chi connectivity index (χ1n) is 8.49. The molecule has 24 heavy (non-hydrogen) atoms. The smallest absolute Gasteiger partial charge is 0.253 e. The highest BCUT2D eigenvalue weighted by atomic mass is 16.5. The van der Waals surface area contributed by atoms with Crippen LogP contribution in [0.1, 0.15) is 29.8 Å². The number of piperazine rings is 1. The molecule has 6 heteroatoms. The van der Waals surface area contributed by atoms with Gasteiger partial charge in [0.1, 0.15) is 5.75 Å². The topological polar surface area (TPSA) is 62.2 Å². The van der Waals surface area contributed by atoms with Gasteiger partial charge in [-0.15, -0.1) is 0 Å². The molecule has 0 aliphatic carbocycles. The monoisotopic (exact) mass is 336 g/mol. The summed E-state index contributed by atoms with van der Waals surface area (Å²) in [7, 11) is 1.62. The molecule has 1 atom stereocenters. The maximum absolute atomic E-state index is 12.7. The van der Waals surface area contributed by atoms with E-state index in [1.807, 2.05) is 24.0 Å². The van der Waals surface area contributed by atoms with Crippen LogP contribution in [-0.4, -0.2) is 73.4 Å². The number of methoxy groups -OCH3 is 1. The lowest BCUT2D eigenvalue weighted by Crippen LogP contribution is -2.50. The fourth-order valence-electron chi connectivity index (χ4n) is 2.93. The van der Waals surface area contributed by atoms with E-state index in [-0.39, 0.29) is 12.0 Å². The Morgan fingerprint density at radius 1 is 1.29 bits per heavy atom. The van der Waals surface area contributed by atoms with Crippen LogP contribution in [0.15, 0.2) is 18.2 Å². The molecule has 1 saturated heterocycles. The predicted molar refractivity (Wildman–Crippen MR) is 92.3 cm³/mol. The van der Waals surface area contributed by atoms with E-state index in [0.717, 1.165) is 24.4 Å². The third-order valence-electron chi connectivity index (χ3n) is 4.17. The number of aliphatic hydroxyl groups excluding tert-OH is 1. The lowest BCUT2D eigenvalue weighted by Gasteiger charge is -2.35. The molecule has 1 fully saturated rings. The zero-order chi connectivity index (χ0) is 17.5. The largest absolute Gasteiger partial charge is 0.496 e. The van der Waals surface area contributed by atoms with Gasteiger partial charge in [-0.1, -0.05) is 0 Å². The Morgan fingerprint density at radius 2 is 2.00 bits per heavy atom. The molecule has 0 spiro atoms. The van der Waals surface area contributed by atoms with Crippen molar-refractivity contribution in [3.63, 3.8) is 0 Å². The second-order valence-corrected chi connectivity index (χ2v) is 6.11. The summed E-state index contributed by atoms with van der Waals surface area (Å²) in [6.45, 7) is 8.37. The summed E-state index contributed by atoms with van der Waals surface area (Å²) in [6, 6.07) is 5.49. The van der Waals surface area contributed by atoms with Crippen LogP contribution in [0.25, 0.3) is 0 Å². The van der Waals surface area contributed by atoms with Gasteiger partial charge < -0.3 is 19.5 Å². The van der Waals surface area contributed by atoms with E-state index in [0.29, 0.717) is 38.4 Å². The second kappa shape index (κ2) is 9.01. The highest BCUT2D eigenvalue weighted by Crippen LogP contribution is 2.22. The van der Waals surface area contributed by atoms with Crippen LogP contribution in [0.3, 0.4) is 0 Å². The van der Waals surface area contributed by atoms with Gasteiger partial charge >= 0.3 is 0 Å². The number of amides is 1. The van der Waals surface area contributed by atoms with Crippen molar-refractivity contribution in [2.24, 2.45) is 0 Å². The number of hydrogen-bond donors (Lipinski definition) is 1. The quantitative estimate of drug-likeness (QED) is 0.815. The van der Waals surface area contributed by atoms with Crippen LogP contribution in [0.2, 0.25) is 0 Å². The number of aliphatic hydroxyl groups is 1. The maximum Gasteiger partial charge on any atom is 0.253 e. The Balaban J connectivity index is 2.02. The summed E-state index contributed by atoms with van der Waals surface area (Å²) in [5.74, 6) is 0.772. The van der Waals surface area contributed by atoms with Crippen LogP contribution in [0.5, 0.6) is 5.75 Å². The summed E-state index contributed by atoms with van der Waals surface area (Å²) in [5, 5.41) is 9.46. The summed E-state index contributed by atoms with van der Waals surface area (Å²) in [5.41, 5.74) is 1.55. The van der Waals surface area contributed by atoms with Crippen molar-refractivity contribution in [2.45, 2.75) is 26.6 Å². The molecule has 6 nitrogen and oxygen atoms in total. The van der Waals surface area contributed by atoms with Gasteiger partial charge in [-0.2, -0.15) is 0 Å². The maximum atomic E-state index is 12.7. The molecule has 0 unspecified atom stereocenters. The van der Waals surface area contributed by atoms with Gasteiger partial charge in [-0.3, -0.25) is 9.69 Å². The highest BCUT2D eigenvalue weighted by molar-refractivity contribution is 5.94. The first-order chi connectivity index (χ1) is 11.5. The number of carbonyl (C=O) groups is 1. The van der Waals surface area contributed by atoms with E-state index in [1.165, 1.54) is 0 Å². The van der Waals surface area contributed by atoms with Crippen molar-refractivity contribution in [3.05, 3.63) is 29.3 Å². The third-order valence-corrected chi connectivity index (χ3v) is 4.17. The van der Waals surface area contributed by atoms with Crippen LogP contribution < -0.4 is 4.74 Å². The first kappa shape index (κ1) is 18.7. The van der Waals surface area contributed by atoms with E-state index >= 15 is 0 Å². The molecule has 0 saturated carbocycles. The van der Waals surface area contributed by atoms with Crippen molar-refractivity contribution >= 4 is 5.91 Å². The molecule has 1 aromatic rings. The summed E-state index contributed by atoms with van der Waals surface area (Å²) in [4.78, 5) is 16.8. The van der Waals surface area contributed by atoms with Crippen LogP contribution in [0.4, 0.5) is 0 Å². The fourth-order valence-corrected chi connectivity index (χ4v) is 2.93. The average Bonchev–Trinajstić information content (AvgIpc) is 2.59.